The Morgan fingerprint density at radius 3 is 0.832 bits per heavy atom. The third-order valence-corrected chi connectivity index (χ3v) is 18.9. The summed E-state index contributed by atoms with van der Waals surface area (Å²) in [5.74, 6) is -1.57. The molecule has 0 saturated carbocycles. The Kier molecular flexibility index (Phi) is 73.0. The van der Waals surface area contributed by atoms with E-state index < -0.39 is 91.5 Å². The van der Waals surface area contributed by atoms with Crippen LogP contribution in [-0.2, 0) is 55.8 Å². The van der Waals surface area contributed by atoms with Crippen LogP contribution in [0.3, 0.4) is 0 Å². The van der Waals surface area contributed by atoms with Crippen LogP contribution in [0.5, 0.6) is 0 Å². The van der Waals surface area contributed by atoms with E-state index in [0.717, 1.165) is 148 Å². The first-order valence-corrected chi connectivity index (χ1v) is 43.2. The molecule has 101 heavy (non-hydrogen) atoms. The zero-order chi connectivity index (χ0) is 73.7. The maximum Gasteiger partial charge on any atom is 0.472 e. The minimum Gasteiger partial charge on any atom is -0.463 e. The van der Waals surface area contributed by atoms with E-state index in [9.17, 15) is 43.5 Å². The molecule has 0 aliphatic carbocycles. The van der Waals surface area contributed by atoms with Crippen molar-refractivity contribution in [3.05, 3.63) is 109 Å². The zero-order valence-electron chi connectivity index (χ0n) is 63.8. The first-order valence-electron chi connectivity index (χ1n) is 40.2. The minimum atomic E-state index is -4.92. The molecule has 0 bridgehead atoms. The van der Waals surface area contributed by atoms with E-state index in [4.69, 9.17) is 32.3 Å². The van der Waals surface area contributed by atoms with E-state index in [0.29, 0.717) is 19.3 Å². The van der Waals surface area contributed by atoms with E-state index in [1.54, 1.807) is 0 Å². The van der Waals surface area contributed by atoms with Crippen molar-refractivity contribution in [2.24, 2.45) is 0 Å². The molecule has 0 aromatic carbocycles. The molecular formula is C83H146O16P2. The monoisotopic (exact) mass is 1460 g/mol. The Labute approximate surface area is 615 Å². The molecule has 0 rings (SSSR count). The van der Waals surface area contributed by atoms with Crippen molar-refractivity contribution >= 4 is 33.6 Å². The van der Waals surface area contributed by atoms with Crippen molar-refractivity contribution in [2.75, 3.05) is 39.6 Å². The number of esters is 3. The lowest BCUT2D eigenvalue weighted by atomic mass is 10.0. The second kappa shape index (κ2) is 75.9. The molecule has 0 radical (unpaired) electrons. The number of allylic oxidation sites excluding steroid dienone is 18. The van der Waals surface area contributed by atoms with Crippen molar-refractivity contribution in [2.45, 2.75) is 360 Å². The van der Waals surface area contributed by atoms with Crippen LogP contribution < -0.4 is 0 Å². The lowest BCUT2D eigenvalue weighted by Crippen LogP contribution is -2.30. The van der Waals surface area contributed by atoms with E-state index in [2.05, 4.69) is 130 Å². The van der Waals surface area contributed by atoms with Gasteiger partial charge in [0, 0.05) is 19.3 Å². The van der Waals surface area contributed by atoms with Crippen molar-refractivity contribution in [1.29, 1.82) is 0 Å². The molecule has 18 heteroatoms. The number of aliphatic hydroxyl groups is 2. The fourth-order valence-electron chi connectivity index (χ4n) is 10.9. The molecule has 0 heterocycles. The molecule has 0 saturated heterocycles. The molecule has 0 spiro atoms. The van der Waals surface area contributed by atoms with Gasteiger partial charge in [0.1, 0.15) is 25.4 Å². The van der Waals surface area contributed by atoms with Gasteiger partial charge in [0.15, 0.2) is 6.10 Å². The Morgan fingerprint density at radius 1 is 0.287 bits per heavy atom. The van der Waals surface area contributed by atoms with Gasteiger partial charge in [0.2, 0.25) is 0 Å². The van der Waals surface area contributed by atoms with Gasteiger partial charge in [-0.2, -0.15) is 0 Å². The lowest BCUT2D eigenvalue weighted by Gasteiger charge is -2.21. The van der Waals surface area contributed by atoms with E-state index in [1.165, 1.54) is 135 Å². The molecule has 0 aliphatic heterocycles. The van der Waals surface area contributed by atoms with Gasteiger partial charge in [0.25, 0.3) is 0 Å². The minimum absolute atomic E-state index is 0.106. The molecule has 5 unspecified atom stereocenters. The van der Waals surface area contributed by atoms with Crippen LogP contribution in [0.15, 0.2) is 109 Å². The first kappa shape index (κ1) is 97.2. The molecule has 16 nitrogen and oxygen atoms in total. The van der Waals surface area contributed by atoms with Gasteiger partial charge in [-0.25, -0.2) is 9.13 Å². The standard InChI is InChI=1S/C83H146O16P2/c1-4-7-10-13-16-19-22-25-27-29-30-31-32-33-34-35-36-37-38-39-40-41-42-43-44-45-46-48-50-52-54-57-60-63-66-69-81(86)93-72-78(84)73-95-100(89,90)96-74-79(85)75-97-101(91,92)98-77-80(99-83(88)71-68-65-62-59-56-51-24-21-18-15-12-9-6-3)76-94-82(87)70-67-64-61-58-55-53-49-47-28-26-23-20-17-14-11-8-5-2/h7-8,10-11,16-17,19-20,25-28,30-31,33-34,36-37,78-80,84-85H,4-6,9,12-15,18,21-24,29,32,35,38-77H2,1-3H3,(H,89,90)(H,91,92)/b10-7-,11-8-,19-16-,20-17-,27-25-,28-26-,31-30-,34-33-,37-36-. The predicted molar refractivity (Wildman–Crippen MR) is 417 cm³/mol. The third-order valence-electron chi connectivity index (χ3n) is 17.0. The molecule has 5 atom stereocenters. The molecule has 0 aliphatic rings. The number of ether oxygens (including phenoxy) is 3. The Hall–Kier alpha value is -3.79. The van der Waals surface area contributed by atoms with Crippen molar-refractivity contribution in [3.8, 4) is 0 Å². The highest BCUT2D eigenvalue weighted by atomic mass is 31.2. The molecular weight excluding hydrogens is 1310 g/mol. The largest absolute Gasteiger partial charge is 0.472 e. The average molecular weight is 1460 g/mol. The highest BCUT2D eigenvalue weighted by Gasteiger charge is 2.29. The number of hydrogen-bond donors (Lipinski definition) is 4. The van der Waals surface area contributed by atoms with Crippen molar-refractivity contribution < 1.29 is 75.8 Å². The van der Waals surface area contributed by atoms with Gasteiger partial charge >= 0.3 is 33.6 Å². The number of rotatable bonds is 76. The van der Waals surface area contributed by atoms with E-state index in [-0.39, 0.29) is 19.3 Å². The fraction of sp³-hybridized carbons (Fsp3) is 0.747. The molecule has 584 valence electrons. The maximum absolute atomic E-state index is 12.9. The van der Waals surface area contributed by atoms with Crippen LogP contribution in [-0.4, -0.2) is 95.9 Å². The molecule has 0 aromatic rings. The van der Waals surface area contributed by atoms with Crippen LogP contribution >= 0.6 is 15.6 Å². The topological polar surface area (TPSA) is 231 Å². The van der Waals surface area contributed by atoms with Gasteiger partial charge in [0.05, 0.1) is 26.4 Å². The average Bonchev–Trinajstić information content (AvgIpc) is 0.940. The second-order valence-electron chi connectivity index (χ2n) is 26.8. The second-order valence-corrected chi connectivity index (χ2v) is 29.7. The highest BCUT2D eigenvalue weighted by Crippen LogP contribution is 2.45. The van der Waals surface area contributed by atoms with Crippen LogP contribution in [0.4, 0.5) is 0 Å². The molecule has 4 N–H and O–H groups in total. The Balaban J connectivity index is 4.35. The summed E-state index contributed by atoms with van der Waals surface area (Å²) in [6, 6.07) is 0. The molecule has 0 fully saturated rings. The third kappa shape index (κ3) is 77.1. The SMILES string of the molecule is CC/C=C\C/C=C\C/C=C\C/C=C\C/C=C\C/C=C\CCCCCCCCCCCCCCCCCCC(=O)OCC(O)COP(=O)(O)OCC(O)COP(=O)(O)OCC(COC(=O)CCCCCCCCC/C=C\C/C=C\C/C=C\CC)OC(=O)CCCCCCCCCCCCCCC. The fourth-order valence-corrected chi connectivity index (χ4v) is 12.5. The normalized spacial score (nSPS) is 14.6. The number of aliphatic hydroxyl groups excluding tert-OH is 2. The highest BCUT2D eigenvalue weighted by molar-refractivity contribution is 7.47. The van der Waals surface area contributed by atoms with E-state index in [1.807, 2.05) is 0 Å². The van der Waals surface area contributed by atoms with Gasteiger partial charge in [-0.3, -0.25) is 32.5 Å². The van der Waals surface area contributed by atoms with Gasteiger partial charge in [-0.1, -0.05) is 329 Å². The maximum atomic E-state index is 12.9. The Bertz CT molecular complexity index is 2270. The van der Waals surface area contributed by atoms with Crippen LogP contribution in [0.2, 0.25) is 0 Å². The number of carbonyl (C=O) groups excluding carboxylic acids is 3. The van der Waals surface area contributed by atoms with E-state index >= 15 is 0 Å². The summed E-state index contributed by atoms with van der Waals surface area (Å²) >= 11 is 0. The summed E-state index contributed by atoms with van der Waals surface area (Å²) in [5.41, 5.74) is 0. The van der Waals surface area contributed by atoms with Crippen molar-refractivity contribution in [3.63, 3.8) is 0 Å². The lowest BCUT2D eigenvalue weighted by molar-refractivity contribution is -0.161. The number of carbonyl (C=O) groups is 3. The first-order chi connectivity index (χ1) is 49.2. The number of hydrogen-bond acceptors (Lipinski definition) is 14. The summed E-state index contributed by atoms with van der Waals surface area (Å²) in [7, 11) is -9.78. The summed E-state index contributed by atoms with van der Waals surface area (Å²) in [6.45, 7) is 2.48. The quantitative estimate of drug-likeness (QED) is 0.0146. The molecule has 0 amide bonds. The summed E-state index contributed by atoms with van der Waals surface area (Å²) in [6.07, 6.45) is 88.7. The predicted octanol–water partition coefficient (Wildman–Crippen LogP) is 23.5. The summed E-state index contributed by atoms with van der Waals surface area (Å²) in [4.78, 5) is 58.6. The number of phosphoric ester groups is 2. The molecule has 0 aromatic heterocycles. The zero-order valence-corrected chi connectivity index (χ0v) is 65.6. The Morgan fingerprint density at radius 2 is 0.525 bits per heavy atom. The van der Waals surface area contributed by atoms with Crippen LogP contribution in [0.25, 0.3) is 0 Å². The smallest absolute Gasteiger partial charge is 0.463 e. The van der Waals surface area contributed by atoms with Crippen molar-refractivity contribution in [1.82, 2.24) is 0 Å². The van der Waals surface area contributed by atoms with Gasteiger partial charge < -0.3 is 34.2 Å². The number of unbranched alkanes of at least 4 members (excludes halogenated alkanes) is 35. The van der Waals surface area contributed by atoms with Gasteiger partial charge in [-0.05, 0) is 103 Å². The van der Waals surface area contributed by atoms with Crippen LogP contribution in [0, 0.1) is 0 Å². The van der Waals surface area contributed by atoms with Gasteiger partial charge in [-0.15, -0.1) is 0 Å². The van der Waals surface area contributed by atoms with Crippen LogP contribution in [0.1, 0.15) is 342 Å². The number of phosphoric acid groups is 2. The summed E-state index contributed by atoms with van der Waals surface area (Å²) < 4.78 is 61.1. The summed E-state index contributed by atoms with van der Waals surface area (Å²) in [5, 5.41) is 20.6.